The average molecular weight is 267 g/mol. The third-order valence-electron chi connectivity index (χ3n) is 3.08. The van der Waals surface area contributed by atoms with Gasteiger partial charge in [-0.3, -0.25) is 4.90 Å². The molecule has 0 aromatic carbocycles. The quantitative estimate of drug-likeness (QED) is 0.797. The molecule has 2 heterocycles. The van der Waals surface area contributed by atoms with Crippen molar-refractivity contribution in [2.75, 3.05) is 19.7 Å². The van der Waals surface area contributed by atoms with Crippen LogP contribution in [-0.2, 0) is 11.3 Å². The summed E-state index contributed by atoms with van der Waals surface area (Å²) in [5.41, 5.74) is 0. The topological polar surface area (TPSA) is 60.8 Å². The van der Waals surface area contributed by atoms with Crippen LogP contribution >= 0.6 is 11.3 Å². The van der Waals surface area contributed by atoms with E-state index in [1.54, 1.807) is 17.4 Å². The van der Waals surface area contributed by atoms with Gasteiger partial charge in [0, 0.05) is 35.5 Å². The maximum atomic E-state index is 10.4. The fourth-order valence-corrected chi connectivity index (χ4v) is 3.11. The van der Waals surface area contributed by atoms with Gasteiger partial charge in [-0.05, 0) is 37.1 Å². The highest BCUT2D eigenvalue weighted by Gasteiger charge is 2.21. The number of aliphatic hydroxyl groups excluding tert-OH is 1. The highest BCUT2D eigenvalue weighted by Crippen LogP contribution is 2.23. The molecule has 98 valence electrons. The summed E-state index contributed by atoms with van der Waals surface area (Å²) in [6.07, 6.45) is 3.85. The summed E-state index contributed by atoms with van der Waals surface area (Å²) in [7, 11) is 0. The fourth-order valence-electron chi connectivity index (χ4n) is 2.15. The Morgan fingerprint density at radius 3 is 3.06 bits per heavy atom. The summed E-state index contributed by atoms with van der Waals surface area (Å²) in [5.74, 6) is -0.508. The van der Waals surface area contributed by atoms with Crippen molar-refractivity contribution in [3.63, 3.8) is 0 Å². The van der Waals surface area contributed by atoms with Crippen molar-refractivity contribution in [3.8, 4) is 0 Å². The maximum absolute atomic E-state index is 10.4. The number of hydrogen-bond donors (Lipinski definition) is 2. The third kappa shape index (κ3) is 3.66. The van der Waals surface area contributed by atoms with Crippen LogP contribution < -0.4 is 0 Å². The van der Waals surface area contributed by atoms with Gasteiger partial charge in [-0.1, -0.05) is 0 Å². The van der Waals surface area contributed by atoms with E-state index in [9.17, 15) is 4.79 Å². The predicted octanol–water partition coefficient (Wildman–Crippen LogP) is 1.66. The minimum Gasteiger partial charge on any atom is -0.478 e. The molecule has 0 radical (unpaired) electrons. The molecule has 2 rings (SSSR count). The molecular weight excluding hydrogens is 250 g/mol. The summed E-state index contributed by atoms with van der Waals surface area (Å²) in [6.45, 7) is 3.15. The molecule has 1 saturated heterocycles. The molecule has 1 fully saturated rings. The van der Waals surface area contributed by atoms with Crippen LogP contribution in [0.15, 0.2) is 18.2 Å². The number of likely N-dealkylation sites (tertiary alicyclic amines) is 1. The Bertz CT molecular complexity index is 441. The van der Waals surface area contributed by atoms with E-state index in [0.717, 1.165) is 37.0 Å². The Morgan fingerprint density at radius 1 is 1.56 bits per heavy atom. The van der Waals surface area contributed by atoms with Crippen molar-refractivity contribution in [3.05, 3.63) is 28.0 Å². The lowest BCUT2D eigenvalue weighted by atomic mass is 10.1. The smallest absolute Gasteiger partial charge is 0.328 e. The highest BCUT2D eigenvalue weighted by atomic mass is 32.1. The second-order valence-electron chi connectivity index (χ2n) is 4.55. The van der Waals surface area contributed by atoms with Gasteiger partial charge < -0.3 is 10.2 Å². The first-order valence-corrected chi connectivity index (χ1v) is 6.82. The highest BCUT2D eigenvalue weighted by molar-refractivity contribution is 7.12. The largest absolute Gasteiger partial charge is 0.478 e. The van der Waals surface area contributed by atoms with Crippen molar-refractivity contribution in [2.24, 2.45) is 5.92 Å². The molecule has 0 bridgehead atoms. The standard InChI is InChI=1S/C13H17NO3S/c15-9-10-5-6-14(7-10)8-12-2-1-11(18-12)3-4-13(16)17/h1-4,10,15H,5-9H2,(H,16,17)/b4-3+. The minimum atomic E-state index is -0.921. The lowest BCUT2D eigenvalue weighted by Gasteiger charge is -2.13. The van der Waals surface area contributed by atoms with Crippen LogP contribution in [0.5, 0.6) is 0 Å². The fraction of sp³-hybridized carbons (Fsp3) is 0.462. The molecule has 1 unspecified atom stereocenters. The van der Waals surface area contributed by atoms with Gasteiger partial charge in [-0.2, -0.15) is 0 Å². The Labute approximate surface area is 110 Å². The van der Waals surface area contributed by atoms with Crippen LogP contribution in [0, 0.1) is 5.92 Å². The lowest BCUT2D eigenvalue weighted by Crippen LogP contribution is -2.20. The molecule has 0 aliphatic carbocycles. The Hall–Kier alpha value is -1.17. The molecule has 0 saturated carbocycles. The first-order chi connectivity index (χ1) is 8.67. The van der Waals surface area contributed by atoms with Crippen LogP contribution in [0.25, 0.3) is 6.08 Å². The third-order valence-corrected chi connectivity index (χ3v) is 4.12. The molecule has 2 N–H and O–H groups in total. The number of hydrogen-bond acceptors (Lipinski definition) is 4. The molecule has 1 aromatic heterocycles. The van der Waals surface area contributed by atoms with Crippen LogP contribution in [0.1, 0.15) is 16.2 Å². The van der Waals surface area contributed by atoms with Crippen molar-refractivity contribution >= 4 is 23.4 Å². The molecule has 0 spiro atoms. The van der Waals surface area contributed by atoms with E-state index in [1.165, 1.54) is 4.88 Å². The van der Waals surface area contributed by atoms with Crippen molar-refractivity contribution in [2.45, 2.75) is 13.0 Å². The number of aliphatic hydroxyl groups is 1. The summed E-state index contributed by atoms with van der Waals surface area (Å²) < 4.78 is 0. The first-order valence-electron chi connectivity index (χ1n) is 6.00. The van der Waals surface area contributed by atoms with Crippen LogP contribution in [0.3, 0.4) is 0 Å². The molecule has 1 aromatic rings. The predicted molar refractivity (Wildman–Crippen MR) is 71.5 cm³/mol. The van der Waals surface area contributed by atoms with Crippen LogP contribution in [-0.4, -0.2) is 40.8 Å². The summed E-state index contributed by atoms with van der Waals surface area (Å²) in [4.78, 5) is 14.9. The lowest BCUT2D eigenvalue weighted by molar-refractivity contribution is -0.131. The van der Waals surface area contributed by atoms with Crippen molar-refractivity contribution in [1.82, 2.24) is 4.90 Å². The number of carboxylic acids is 1. The Morgan fingerprint density at radius 2 is 2.39 bits per heavy atom. The van der Waals surface area contributed by atoms with E-state index in [4.69, 9.17) is 10.2 Å². The van der Waals surface area contributed by atoms with E-state index < -0.39 is 5.97 Å². The number of thiophene rings is 1. The molecule has 1 atom stereocenters. The maximum Gasteiger partial charge on any atom is 0.328 e. The zero-order chi connectivity index (χ0) is 13.0. The molecule has 18 heavy (non-hydrogen) atoms. The normalized spacial score (nSPS) is 20.8. The van der Waals surface area contributed by atoms with Crippen molar-refractivity contribution < 1.29 is 15.0 Å². The van der Waals surface area contributed by atoms with Gasteiger partial charge in [-0.15, -0.1) is 11.3 Å². The first kappa shape index (κ1) is 13.3. The Kier molecular flexibility index (Phi) is 4.52. The summed E-state index contributed by atoms with van der Waals surface area (Å²) in [6, 6.07) is 3.98. The Balaban J connectivity index is 1.89. The monoisotopic (exact) mass is 267 g/mol. The number of carboxylic acid groups (broad SMARTS) is 1. The minimum absolute atomic E-state index is 0.271. The van der Waals surface area contributed by atoms with E-state index in [0.29, 0.717) is 5.92 Å². The number of rotatable bonds is 5. The summed E-state index contributed by atoms with van der Waals surface area (Å²) >= 11 is 1.62. The van der Waals surface area contributed by atoms with Gasteiger partial charge in [0.2, 0.25) is 0 Å². The van der Waals surface area contributed by atoms with E-state index in [-0.39, 0.29) is 6.61 Å². The second-order valence-corrected chi connectivity index (χ2v) is 5.75. The molecule has 1 aliphatic rings. The molecule has 0 amide bonds. The second kappa shape index (κ2) is 6.13. The van der Waals surface area contributed by atoms with E-state index >= 15 is 0 Å². The number of aliphatic carboxylic acids is 1. The zero-order valence-corrected chi connectivity index (χ0v) is 10.9. The van der Waals surface area contributed by atoms with Crippen LogP contribution in [0.2, 0.25) is 0 Å². The average Bonchev–Trinajstić information content (AvgIpc) is 2.96. The van der Waals surface area contributed by atoms with E-state index in [1.807, 2.05) is 12.1 Å². The molecular formula is C13H17NO3S. The van der Waals surface area contributed by atoms with Gasteiger partial charge in [0.25, 0.3) is 0 Å². The molecule has 1 aliphatic heterocycles. The number of nitrogens with zero attached hydrogens (tertiary/aromatic N) is 1. The van der Waals surface area contributed by atoms with Gasteiger partial charge in [0.1, 0.15) is 0 Å². The van der Waals surface area contributed by atoms with Gasteiger partial charge >= 0.3 is 5.97 Å². The van der Waals surface area contributed by atoms with Gasteiger partial charge in [-0.25, -0.2) is 4.79 Å². The van der Waals surface area contributed by atoms with Crippen LogP contribution in [0.4, 0.5) is 0 Å². The van der Waals surface area contributed by atoms with Crippen molar-refractivity contribution in [1.29, 1.82) is 0 Å². The number of carbonyl (C=O) groups is 1. The summed E-state index contributed by atoms with van der Waals surface area (Å²) in [5, 5.41) is 17.6. The molecule has 5 heteroatoms. The SMILES string of the molecule is O=C(O)/C=C/c1ccc(CN2CCC(CO)C2)s1. The van der Waals surface area contributed by atoms with Gasteiger partial charge in [0.05, 0.1) is 0 Å². The zero-order valence-electron chi connectivity index (χ0n) is 10.1. The molecule has 4 nitrogen and oxygen atoms in total. The van der Waals surface area contributed by atoms with Gasteiger partial charge in [0.15, 0.2) is 0 Å². The van der Waals surface area contributed by atoms with E-state index in [2.05, 4.69) is 4.90 Å².